The average Bonchev–Trinajstić information content (AvgIpc) is 2.52. The Bertz CT molecular complexity index is 480. The second-order valence-electron chi connectivity index (χ2n) is 5.08. The van der Waals surface area contributed by atoms with Crippen molar-refractivity contribution in [2.45, 2.75) is 46.1 Å². The number of halogens is 1. The summed E-state index contributed by atoms with van der Waals surface area (Å²) in [4.78, 5) is 15.3. The molecule has 4 heteroatoms. The molecular weight excluding hydrogens is 269 g/mol. The molecule has 0 bridgehead atoms. The molecule has 0 aliphatic heterocycles. The summed E-state index contributed by atoms with van der Waals surface area (Å²) in [6.07, 6.45) is 1.37. The number of methoxy groups -OCH3 is 1. The topological polar surface area (TPSA) is 29.5 Å². The van der Waals surface area contributed by atoms with E-state index in [1.54, 1.807) is 0 Å². The van der Waals surface area contributed by atoms with Crippen LogP contribution in [0.4, 0.5) is 4.39 Å². The molecule has 0 saturated carbocycles. The van der Waals surface area contributed by atoms with Crippen LogP contribution in [0.2, 0.25) is 0 Å². The van der Waals surface area contributed by atoms with Crippen LogP contribution in [0.25, 0.3) is 0 Å². The summed E-state index contributed by atoms with van der Waals surface area (Å²) in [5.74, 6) is -0.0489. The maximum Gasteiger partial charge on any atom is 0.186 e. The van der Waals surface area contributed by atoms with Crippen molar-refractivity contribution in [2.75, 3.05) is 20.2 Å². The molecule has 0 amide bonds. The predicted octanol–water partition coefficient (Wildman–Crippen LogP) is 3.92. The zero-order valence-electron chi connectivity index (χ0n) is 13.7. The van der Waals surface area contributed by atoms with Crippen LogP contribution in [0.1, 0.15) is 50.9 Å². The molecule has 1 rings (SSSR count). The van der Waals surface area contributed by atoms with E-state index in [4.69, 9.17) is 4.74 Å². The normalized spacial score (nSPS) is 11.8. The molecule has 0 aliphatic rings. The smallest absolute Gasteiger partial charge is 0.186 e. The van der Waals surface area contributed by atoms with Gasteiger partial charge in [-0.2, -0.15) is 0 Å². The highest BCUT2D eigenvalue weighted by Gasteiger charge is 2.41. The van der Waals surface area contributed by atoms with Gasteiger partial charge in [0.15, 0.2) is 5.78 Å². The van der Waals surface area contributed by atoms with Gasteiger partial charge in [0.05, 0.1) is 18.2 Å². The van der Waals surface area contributed by atoms with E-state index >= 15 is 0 Å². The van der Waals surface area contributed by atoms with Crippen LogP contribution >= 0.6 is 0 Å². The summed E-state index contributed by atoms with van der Waals surface area (Å²) in [6, 6.07) is 4.11. The van der Waals surface area contributed by atoms with Crippen LogP contribution in [0, 0.1) is 5.82 Å². The van der Waals surface area contributed by atoms with E-state index in [-0.39, 0.29) is 5.78 Å². The third kappa shape index (κ3) is 3.26. The second kappa shape index (κ2) is 7.55. The van der Waals surface area contributed by atoms with E-state index in [1.807, 2.05) is 27.7 Å². The summed E-state index contributed by atoms with van der Waals surface area (Å²) < 4.78 is 18.8. The lowest BCUT2D eigenvalue weighted by molar-refractivity contribution is 0.0531. The Balaban J connectivity index is 3.39. The van der Waals surface area contributed by atoms with Crippen molar-refractivity contribution in [2.24, 2.45) is 0 Å². The number of Topliss-reactive ketones (excluding diaryl/α,β-unsaturated/α-hetero) is 1. The van der Waals surface area contributed by atoms with Gasteiger partial charge in [-0.3, -0.25) is 9.69 Å². The highest BCUT2D eigenvalue weighted by Crippen LogP contribution is 2.32. The van der Waals surface area contributed by atoms with Crippen molar-refractivity contribution in [1.29, 1.82) is 0 Å². The first kappa shape index (κ1) is 17.6. The lowest BCUT2D eigenvalue weighted by atomic mass is 9.82. The summed E-state index contributed by atoms with van der Waals surface area (Å²) in [5, 5.41) is 0. The third-order valence-corrected chi connectivity index (χ3v) is 4.37. The molecule has 0 saturated heterocycles. The number of rotatable bonds is 8. The molecule has 1 aromatic rings. The van der Waals surface area contributed by atoms with Gasteiger partial charge in [-0.15, -0.1) is 0 Å². The third-order valence-electron chi connectivity index (χ3n) is 4.37. The molecule has 0 fully saturated rings. The van der Waals surface area contributed by atoms with Crippen molar-refractivity contribution in [1.82, 2.24) is 4.90 Å². The standard InChI is InChI=1S/C17H26FNO2/c1-6-17(7-2,19(8-3)9-4)16(20)14-12-13(18)10-11-15(14)21-5/h10-12H,6-9H2,1-5H3. The highest BCUT2D eigenvalue weighted by molar-refractivity contribution is 6.05. The van der Waals surface area contributed by atoms with Gasteiger partial charge in [0, 0.05) is 0 Å². The van der Waals surface area contributed by atoms with E-state index in [0.717, 1.165) is 13.1 Å². The predicted molar refractivity (Wildman–Crippen MR) is 83.5 cm³/mol. The molecule has 0 aromatic heterocycles. The highest BCUT2D eigenvalue weighted by atomic mass is 19.1. The molecule has 0 spiro atoms. The van der Waals surface area contributed by atoms with Crippen LogP contribution in [0.3, 0.4) is 0 Å². The summed E-state index contributed by atoms with van der Waals surface area (Å²) >= 11 is 0. The molecule has 0 heterocycles. The SMILES string of the molecule is CCN(CC)C(CC)(CC)C(=O)c1cc(F)ccc1OC. The lowest BCUT2D eigenvalue weighted by Gasteiger charge is -2.41. The summed E-state index contributed by atoms with van der Waals surface area (Å²) in [6.45, 7) is 9.65. The van der Waals surface area contributed by atoms with Crippen LogP contribution in [-0.4, -0.2) is 36.4 Å². The van der Waals surface area contributed by atoms with Gasteiger partial charge in [0.2, 0.25) is 0 Å². The number of likely N-dealkylation sites (N-methyl/N-ethyl adjacent to an activating group) is 1. The number of carbonyl (C=O) groups is 1. The Kier molecular flexibility index (Phi) is 6.34. The fourth-order valence-corrected chi connectivity index (χ4v) is 3.10. The largest absolute Gasteiger partial charge is 0.496 e. The molecule has 1 aromatic carbocycles. The second-order valence-corrected chi connectivity index (χ2v) is 5.08. The van der Waals surface area contributed by atoms with Crippen LogP contribution in [-0.2, 0) is 0 Å². The average molecular weight is 295 g/mol. The van der Waals surface area contributed by atoms with E-state index in [9.17, 15) is 9.18 Å². The minimum absolute atomic E-state index is 0.0625. The quantitative estimate of drug-likeness (QED) is 0.681. The van der Waals surface area contributed by atoms with Gasteiger partial charge in [0.1, 0.15) is 11.6 Å². The van der Waals surface area contributed by atoms with Gasteiger partial charge < -0.3 is 4.74 Å². The Hall–Kier alpha value is -1.42. The number of hydrogen-bond donors (Lipinski definition) is 0. The van der Waals surface area contributed by atoms with E-state index in [1.165, 1.54) is 25.3 Å². The van der Waals surface area contributed by atoms with Gasteiger partial charge >= 0.3 is 0 Å². The molecule has 0 atom stereocenters. The van der Waals surface area contributed by atoms with Crippen LogP contribution in [0.15, 0.2) is 18.2 Å². The Morgan fingerprint density at radius 1 is 1.19 bits per heavy atom. The van der Waals surface area contributed by atoms with E-state index in [2.05, 4.69) is 4.90 Å². The first-order valence-electron chi connectivity index (χ1n) is 7.64. The zero-order chi connectivity index (χ0) is 16.0. The minimum atomic E-state index is -0.607. The van der Waals surface area contributed by atoms with Crippen molar-refractivity contribution in [3.8, 4) is 5.75 Å². The Labute approximate surface area is 127 Å². The maximum atomic E-state index is 13.6. The molecule has 0 aliphatic carbocycles. The minimum Gasteiger partial charge on any atom is -0.496 e. The monoisotopic (exact) mass is 295 g/mol. The summed E-state index contributed by atoms with van der Waals surface area (Å²) in [5.41, 5.74) is -0.280. The number of ether oxygens (including phenoxy) is 1. The molecule has 0 radical (unpaired) electrons. The summed E-state index contributed by atoms with van der Waals surface area (Å²) in [7, 11) is 1.50. The van der Waals surface area contributed by atoms with E-state index in [0.29, 0.717) is 24.2 Å². The van der Waals surface area contributed by atoms with Crippen LogP contribution in [0.5, 0.6) is 5.75 Å². The first-order valence-corrected chi connectivity index (χ1v) is 7.64. The zero-order valence-corrected chi connectivity index (χ0v) is 13.7. The lowest BCUT2D eigenvalue weighted by Crippen LogP contribution is -2.54. The molecule has 21 heavy (non-hydrogen) atoms. The maximum absolute atomic E-state index is 13.6. The van der Waals surface area contributed by atoms with Crippen molar-refractivity contribution >= 4 is 5.78 Å². The molecule has 118 valence electrons. The number of ketones is 1. The number of benzene rings is 1. The van der Waals surface area contributed by atoms with E-state index < -0.39 is 11.4 Å². The molecule has 3 nitrogen and oxygen atoms in total. The first-order chi connectivity index (χ1) is 10.00. The fourth-order valence-electron chi connectivity index (χ4n) is 3.10. The number of carbonyl (C=O) groups excluding carboxylic acids is 1. The van der Waals surface area contributed by atoms with Crippen molar-refractivity contribution in [3.05, 3.63) is 29.6 Å². The van der Waals surface area contributed by atoms with Crippen molar-refractivity contribution < 1.29 is 13.9 Å². The molecular formula is C17H26FNO2. The number of nitrogens with zero attached hydrogens (tertiary/aromatic N) is 1. The van der Waals surface area contributed by atoms with Gasteiger partial charge in [-0.05, 0) is 44.1 Å². The van der Waals surface area contributed by atoms with Crippen LogP contribution < -0.4 is 4.74 Å². The number of hydrogen-bond acceptors (Lipinski definition) is 3. The van der Waals surface area contributed by atoms with Gasteiger partial charge in [0.25, 0.3) is 0 Å². The Morgan fingerprint density at radius 3 is 2.19 bits per heavy atom. The molecule has 0 unspecified atom stereocenters. The Morgan fingerprint density at radius 2 is 1.76 bits per heavy atom. The molecule has 0 N–H and O–H groups in total. The fraction of sp³-hybridized carbons (Fsp3) is 0.588. The van der Waals surface area contributed by atoms with Crippen molar-refractivity contribution in [3.63, 3.8) is 0 Å². The van der Waals surface area contributed by atoms with Gasteiger partial charge in [-0.25, -0.2) is 4.39 Å². The van der Waals surface area contributed by atoms with Gasteiger partial charge in [-0.1, -0.05) is 27.7 Å².